The Morgan fingerprint density at radius 1 is 1.12 bits per heavy atom. The van der Waals surface area contributed by atoms with Crippen LogP contribution in [0.1, 0.15) is 40.4 Å². The number of carbonyl (C=O) groups excluding carboxylic acids is 2. The maximum absolute atomic E-state index is 12.3. The summed E-state index contributed by atoms with van der Waals surface area (Å²) in [6.45, 7) is 4.53. The topological polar surface area (TPSA) is 94.9 Å². The fourth-order valence-corrected chi connectivity index (χ4v) is 1.94. The molecule has 2 rings (SSSR count). The Morgan fingerprint density at radius 3 is 2.46 bits per heavy atom. The van der Waals surface area contributed by atoms with Crippen LogP contribution < -0.4 is 10.6 Å². The first kappa shape index (κ1) is 17.2. The summed E-state index contributed by atoms with van der Waals surface area (Å²) in [5.74, 6) is -0.429. The van der Waals surface area contributed by atoms with Crippen LogP contribution in [0.15, 0.2) is 42.5 Å². The molecule has 0 atom stereocenters. The molecule has 0 unspecified atom stereocenters. The van der Waals surface area contributed by atoms with E-state index >= 15 is 0 Å². The highest BCUT2D eigenvalue weighted by Gasteiger charge is 2.13. The highest BCUT2D eigenvalue weighted by Crippen LogP contribution is 2.11. The van der Waals surface area contributed by atoms with E-state index in [9.17, 15) is 9.59 Å². The van der Waals surface area contributed by atoms with Gasteiger partial charge in [-0.25, -0.2) is 4.98 Å². The molecular weight excluding hydrogens is 304 g/mol. The van der Waals surface area contributed by atoms with E-state index in [-0.39, 0.29) is 17.3 Å². The van der Waals surface area contributed by atoms with Gasteiger partial charge >= 0.3 is 0 Å². The number of nitriles is 1. The predicted octanol–water partition coefficient (Wildman–Crippen LogP) is 2.59. The van der Waals surface area contributed by atoms with Gasteiger partial charge in [-0.3, -0.25) is 9.59 Å². The highest BCUT2D eigenvalue weighted by atomic mass is 16.2. The fourth-order valence-electron chi connectivity index (χ4n) is 1.94. The SMILES string of the molecule is CC(C)CNC(=O)c1cccc(C(=O)Nc2cccc(C#N)c2)n1. The van der Waals surface area contributed by atoms with Gasteiger partial charge in [-0.2, -0.15) is 5.26 Å². The Balaban J connectivity index is 2.11. The molecule has 1 aromatic heterocycles. The fraction of sp³-hybridized carbons (Fsp3) is 0.222. The number of benzene rings is 1. The molecular formula is C18H18N4O2. The third-order valence-corrected chi connectivity index (χ3v) is 3.13. The van der Waals surface area contributed by atoms with Gasteiger partial charge in [0.25, 0.3) is 11.8 Å². The van der Waals surface area contributed by atoms with E-state index in [0.29, 0.717) is 23.7 Å². The number of nitrogens with one attached hydrogen (secondary N) is 2. The van der Waals surface area contributed by atoms with Crippen molar-refractivity contribution in [2.45, 2.75) is 13.8 Å². The lowest BCUT2D eigenvalue weighted by Gasteiger charge is -2.08. The van der Waals surface area contributed by atoms with Gasteiger partial charge in [0.15, 0.2) is 0 Å². The molecule has 24 heavy (non-hydrogen) atoms. The van der Waals surface area contributed by atoms with Crippen molar-refractivity contribution in [3.8, 4) is 6.07 Å². The Kier molecular flexibility index (Phi) is 5.63. The quantitative estimate of drug-likeness (QED) is 0.884. The first-order valence-corrected chi connectivity index (χ1v) is 7.56. The van der Waals surface area contributed by atoms with E-state index < -0.39 is 5.91 Å². The van der Waals surface area contributed by atoms with Crippen LogP contribution >= 0.6 is 0 Å². The monoisotopic (exact) mass is 322 g/mol. The summed E-state index contributed by atoms with van der Waals surface area (Å²) in [4.78, 5) is 28.4. The molecule has 0 bridgehead atoms. The molecule has 6 nitrogen and oxygen atoms in total. The first-order chi connectivity index (χ1) is 11.5. The van der Waals surface area contributed by atoms with E-state index in [1.807, 2.05) is 19.9 Å². The summed E-state index contributed by atoms with van der Waals surface area (Å²) >= 11 is 0. The Bertz CT molecular complexity index is 794. The zero-order chi connectivity index (χ0) is 17.5. The summed E-state index contributed by atoms with van der Waals surface area (Å²) < 4.78 is 0. The van der Waals surface area contributed by atoms with Crippen LogP contribution in [0.3, 0.4) is 0 Å². The molecule has 1 aromatic carbocycles. The van der Waals surface area contributed by atoms with Crippen LogP contribution in [0.2, 0.25) is 0 Å². The smallest absolute Gasteiger partial charge is 0.274 e. The molecule has 0 fully saturated rings. The molecule has 0 radical (unpaired) electrons. The number of nitrogens with zero attached hydrogens (tertiary/aromatic N) is 2. The molecule has 2 N–H and O–H groups in total. The second-order valence-corrected chi connectivity index (χ2v) is 5.66. The molecule has 1 heterocycles. The number of carbonyl (C=O) groups is 2. The van der Waals surface area contributed by atoms with Crippen LogP contribution in [0.5, 0.6) is 0 Å². The summed E-state index contributed by atoms with van der Waals surface area (Å²) in [7, 11) is 0. The van der Waals surface area contributed by atoms with Gasteiger partial charge in [-0.1, -0.05) is 26.0 Å². The van der Waals surface area contributed by atoms with Crippen LogP contribution in [-0.2, 0) is 0 Å². The third-order valence-electron chi connectivity index (χ3n) is 3.13. The minimum Gasteiger partial charge on any atom is -0.350 e. The summed E-state index contributed by atoms with van der Waals surface area (Å²) in [6, 6.07) is 13.3. The lowest BCUT2D eigenvalue weighted by atomic mass is 10.2. The Hall–Kier alpha value is -3.20. The van der Waals surface area contributed by atoms with E-state index in [1.54, 1.807) is 36.4 Å². The minimum atomic E-state index is -0.441. The van der Waals surface area contributed by atoms with Crippen LogP contribution in [0, 0.1) is 17.2 Å². The number of amides is 2. The van der Waals surface area contributed by atoms with Crippen LogP contribution in [0.4, 0.5) is 5.69 Å². The number of aromatic nitrogens is 1. The average Bonchev–Trinajstić information content (AvgIpc) is 2.59. The van der Waals surface area contributed by atoms with Crippen molar-refractivity contribution in [3.63, 3.8) is 0 Å². The van der Waals surface area contributed by atoms with Gasteiger partial charge in [0, 0.05) is 12.2 Å². The maximum atomic E-state index is 12.3. The van der Waals surface area contributed by atoms with Crippen molar-refractivity contribution in [1.29, 1.82) is 5.26 Å². The van der Waals surface area contributed by atoms with Gasteiger partial charge < -0.3 is 10.6 Å². The molecule has 0 saturated carbocycles. The number of hydrogen-bond donors (Lipinski definition) is 2. The molecule has 0 saturated heterocycles. The van der Waals surface area contributed by atoms with Crippen LogP contribution in [-0.4, -0.2) is 23.3 Å². The van der Waals surface area contributed by atoms with E-state index in [4.69, 9.17) is 5.26 Å². The van der Waals surface area contributed by atoms with E-state index in [2.05, 4.69) is 15.6 Å². The average molecular weight is 322 g/mol. The molecule has 122 valence electrons. The molecule has 0 aliphatic heterocycles. The summed E-state index contributed by atoms with van der Waals surface area (Å²) in [5.41, 5.74) is 1.27. The lowest BCUT2D eigenvalue weighted by molar-refractivity contribution is 0.0944. The first-order valence-electron chi connectivity index (χ1n) is 7.56. The van der Waals surface area contributed by atoms with E-state index in [0.717, 1.165) is 0 Å². The van der Waals surface area contributed by atoms with Crippen molar-refractivity contribution in [2.75, 3.05) is 11.9 Å². The van der Waals surface area contributed by atoms with Gasteiger partial charge in [0.2, 0.25) is 0 Å². The highest BCUT2D eigenvalue weighted by molar-refractivity contribution is 6.03. The third kappa shape index (κ3) is 4.65. The zero-order valence-corrected chi connectivity index (χ0v) is 13.5. The van der Waals surface area contributed by atoms with Crippen molar-refractivity contribution in [2.24, 2.45) is 5.92 Å². The van der Waals surface area contributed by atoms with Crippen molar-refractivity contribution >= 4 is 17.5 Å². The molecule has 2 amide bonds. The maximum Gasteiger partial charge on any atom is 0.274 e. The van der Waals surface area contributed by atoms with Crippen molar-refractivity contribution < 1.29 is 9.59 Å². The summed E-state index contributed by atoms with van der Waals surface area (Å²) in [5, 5.41) is 14.3. The molecule has 0 spiro atoms. The predicted molar refractivity (Wildman–Crippen MR) is 90.5 cm³/mol. The Morgan fingerprint density at radius 2 is 1.79 bits per heavy atom. The second-order valence-electron chi connectivity index (χ2n) is 5.66. The number of pyridine rings is 1. The number of anilines is 1. The standard InChI is InChI=1S/C18H18N4O2/c1-12(2)11-20-17(23)15-7-4-8-16(22-15)18(24)21-14-6-3-5-13(9-14)10-19/h3-9,12H,11H2,1-2H3,(H,20,23)(H,21,24). The number of rotatable bonds is 5. The molecule has 6 heteroatoms. The lowest BCUT2D eigenvalue weighted by Crippen LogP contribution is -2.28. The second kappa shape index (κ2) is 7.88. The summed E-state index contributed by atoms with van der Waals surface area (Å²) in [6.07, 6.45) is 0. The van der Waals surface area contributed by atoms with Crippen molar-refractivity contribution in [3.05, 3.63) is 59.4 Å². The van der Waals surface area contributed by atoms with Crippen LogP contribution in [0.25, 0.3) is 0 Å². The zero-order valence-electron chi connectivity index (χ0n) is 13.5. The normalized spacial score (nSPS) is 10.1. The van der Waals surface area contributed by atoms with Crippen molar-refractivity contribution in [1.82, 2.24) is 10.3 Å². The van der Waals surface area contributed by atoms with Gasteiger partial charge in [-0.05, 0) is 36.2 Å². The van der Waals surface area contributed by atoms with Gasteiger partial charge in [0.05, 0.1) is 11.6 Å². The molecule has 0 aliphatic rings. The largest absolute Gasteiger partial charge is 0.350 e. The van der Waals surface area contributed by atoms with E-state index in [1.165, 1.54) is 6.07 Å². The number of hydrogen-bond acceptors (Lipinski definition) is 4. The van der Waals surface area contributed by atoms with Gasteiger partial charge in [-0.15, -0.1) is 0 Å². The molecule has 2 aromatic rings. The molecule has 0 aliphatic carbocycles. The minimum absolute atomic E-state index is 0.134. The van der Waals surface area contributed by atoms with Gasteiger partial charge in [0.1, 0.15) is 11.4 Å². The Labute approximate surface area is 140 Å².